The van der Waals surface area contributed by atoms with Gasteiger partial charge in [-0.25, -0.2) is 9.97 Å². The summed E-state index contributed by atoms with van der Waals surface area (Å²) in [4.78, 5) is 8.53. The van der Waals surface area contributed by atoms with Gasteiger partial charge >= 0.3 is 0 Å². The highest BCUT2D eigenvalue weighted by Gasteiger charge is 2.14. The molecule has 2 aromatic heterocycles. The molecule has 0 saturated heterocycles. The summed E-state index contributed by atoms with van der Waals surface area (Å²) >= 11 is 3.36. The first-order valence-corrected chi connectivity index (χ1v) is 6.03. The molecule has 16 heavy (non-hydrogen) atoms. The van der Waals surface area contributed by atoms with E-state index in [1.54, 1.807) is 6.20 Å². The molecule has 4 nitrogen and oxygen atoms in total. The largest absolute Gasteiger partial charge is 0.472 e. The van der Waals surface area contributed by atoms with Gasteiger partial charge in [-0.05, 0) is 28.8 Å². The number of imidazole rings is 1. The predicted octanol–water partition coefficient (Wildman–Crippen LogP) is 2.92. The van der Waals surface area contributed by atoms with Crippen LogP contribution in [0.15, 0.2) is 23.2 Å². The highest BCUT2D eigenvalue weighted by molar-refractivity contribution is 9.10. The summed E-state index contributed by atoms with van der Waals surface area (Å²) in [5.74, 6) is 1.01. The van der Waals surface area contributed by atoms with Crippen molar-refractivity contribution in [2.24, 2.45) is 5.92 Å². The Morgan fingerprint density at radius 2 is 2.12 bits per heavy atom. The number of hydrogen-bond donors (Lipinski definition) is 0. The van der Waals surface area contributed by atoms with Gasteiger partial charge in [-0.2, -0.15) is 0 Å². The van der Waals surface area contributed by atoms with Crippen molar-refractivity contribution < 1.29 is 4.74 Å². The summed E-state index contributed by atoms with van der Waals surface area (Å²) in [6.45, 7) is 6.27. The van der Waals surface area contributed by atoms with Gasteiger partial charge in [-0.3, -0.25) is 4.40 Å². The Labute approximate surface area is 103 Å². The van der Waals surface area contributed by atoms with Gasteiger partial charge in [-0.15, -0.1) is 0 Å². The van der Waals surface area contributed by atoms with Crippen LogP contribution >= 0.6 is 15.9 Å². The number of aromatic nitrogens is 3. The molecule has 0 aliphatic heterocycles. The lowest BCUT2D eigenvalue weighted by atomic mass is 10.1. The van der Waals surface area contributed by atoms with Crippen LogP contribution in [0.3, 0.4) is 0 Å². The van der Waals surface area contributed by atoms with Crippen LogP contribution in [-0.4, -0.2) is 20.5 Å². The first kappa shape index (κ1) is 11.4. The van der Waals surface area contributed by atoms with E-state index in [1.807, 2.05) is 23.7 Å². The molecule has 0 aliphatic rings. The molecule has 0 amide bonds. The molecule has 0 fully saturated rings. The van der Waals surface area contributed by atoms with E-state index in [-0.39, 0.29) is 6.10 Å². The number of nitrogens with zero attached hydrogens (tertiary/aromatic N) is 3. The monoisotopic (exact) mass is 283 g/mol. The normalized spacial score (nSPS) is 13.3. The summed E-state index contributed by atoms with van der Waals surface area (Å²) in [7, 11) is 0. The Kier molecular flexibility index (Phi) is 3.14. The van der Waals surface area contributed by atoms with Crippen molar-refractivity contribution in [1.29, 1.82) is 0 Å². The van der Waals surface area contributed by atoms with Crippen LogP contribution in [-0.2, 0) is 0 Å². The van der Waals surface area contributed by atoms with E-state index >= 15 is 0 Å². The van der Waals surface area contributed by atoms with E-state index in [0.29, 0.717) is 11.8 Å². The molecule has 0 spiro atoms. The molecule has 1 atom stereocenters. The predicted molar refractivity (Wildman–Crippen MR) is 65.6 cm³/mol. The number of ether oxygens (including phenoxy) is 1. The van der Waals surface area contributed by atoms with E-state index in [4.69, 9.17) is 4.74 Å². The molecule has 0 N–H and O–H groups in total. The van der Waals surface area contributed by atoms with Crippen molar-refractivity contribution in [1.82, 2.24) is 14.4 Å². The molecule has 2 aromatic rings. The van der Waals surface area contributed by atoms with E-state index in [0.717, 1.165) is 10.3 Å². The molecule has 1 unspecified atom stereocenters. The summed E-state index contributed by atoms with van der Waals surface area (Å²) in [5.41, 5.74) is 0.746. The van der Waals surface area contributed by atoms with Gasteiger partial charge in [-0.1, -0.05) is 13.8 Å². The minimum atomic E-state index is 0.113. The zero-order valence-corrected chi connectivity index (χ0v) is 11.1. The maximum atomic E-state index is 5.80. The molecule has 2 rings (SSSR count). The summed E-state index contributed by atoms with van der Waals surface area (Å²) in [6.07, 6.45) is 5.57. The Balaban J connectivity index is 2.39. The van der Waals surface area contributed by atoms with E-state index in [9.17, 15) is 0 Å². The third-order valence-corrected chi connectivity index (χ3v) is 2.93. The van der Waals surface area contributed by atoms with Crippen LogP contribution in [0.2, 0.25) is 0 Å². The van der Waals surface area contributed by atoms with Gasteiger partial charge in [0.05, 0.1) is 0 Å². The molecule has 5 heteroatoms. The SMILES string of the molecule is CC(C)C(C)Oc1nc(Br)cn2ccnc12. The zero-order valence-electron chi connectivity index (χ0n) is 9.51. The second kappa shape index (κ2) is 4.41. The fourth-order valence-electron chi connectivity index (χ4n) is 1.26. The van der Waals surface area contributed by atoms with Gasteiger partial charge < -0.3 is 4.74 Å². The Bertz CT molecular complexity index is 495. The highest BCUT2D eigenvalue weighted by Crippen LogP contribution is 2.21. The van der Waals surface area contributed by atoms with E-state index in [1.165, 1.54) is 0 Å². The maximum absolute atomic E-state index is 5.80. The Morgan fingerprint density at radius 1 is 1.38 bits per heavy atom. The molecule has 2 heterocycles. The first-order valence-electron chi connectivity index (χ1n) is 5.24. The number of fused-ring (bicyclic) bond motifs is 1. The standard InChI is InChI=1S/C11H14BrN3O/c1-7(2)8(3)16-11-10-13-4-5-15(10)6-9(12)14-11/h4-8H,1-3H3. The Morgan fingerprint density at radius 3 is 2.81 bits per heavy atom. The van der Waals surface area contributed by atoms with Crippen molar-refractivity contribution in [3.8, 4) is 5.88 Å². The van der Waals surface area contributed by atoms with Crippen LogP contribution in [0.25, 0.3) is 5.65 Å². The fourth-order valence-corrected chi connectivity index (χ4v) is 1.65. The minimum Gasteiger partial charge on any atom is -0.472 e. The number of hydrogen-bond acceptors (Lipinski definition) is 3. The fraction of sp³-hybridized carbons (Fsp3) is 0.455. The quantitative estimate of drug-likeness (QED) is 0.870. The summed E-state index contributed by atoms with van der Waals surface area (Å²) < 4.78 is 8.43. The molecular weight excluding hydrogens is 270 g/mol. The summed E-state index contributed by atoms with van der Waals surface area (Å²) in [6, 6.07) is 0. The lowest BCUT2D eigenvalue weighted by Crippen LogP contribution is -2.19. The number of rotatable bonds is 3. The third-order valence-electron chi connectivity index (χ3n) is 2.55. The van der Waals surface area contributed by atoms with Crippen LogP contribution in [0.5, 0.6) is 5.88 Å². The van der Waals surface area contributed by atoms with Crippen LogP contribution in [0, 0.1) is 5.92 Å². The molecule has 0 aromatic carbocycles. The topological polar surface area (TPSA) is 39.4 Å². The lowest BCUT2D eigenvalue weighted by Gasteiger charge is -2.17. The lowest BCUT2D eigenvalue weighted by molar-refractivity contribution is 0.164. The smallest absolute Gasteiger partial charge is 0.259 e. The van der Waals surface area contributed by atoms with Gasteiger partial charge in [0.1, 0.15) is 10.7 Å². The van der Waals surface area contributed by atoms with Crippen LogP contribution in [0.4, 0.5) is 0 Å². The third kappa shape index (κ3) is 2.19. The van der Waals surface area contributed by atoms with E-state index in [2.05, 4.69) is 39.7 Å². The molecular formula is C11H14BrN3O. The maximum Gasteiger partial charge on any atom is 0.259 e. The van der Waals surface area contributed by atoms with Crippen LogP contribution < -0.4 is 4.74 Å². The highest BCUT2D eigenvalue weighted by atomic mass is 79.9. The van der Waals surface area contributed by atoms with Gasteiger partial charge in [0.25, 0.3) is 5.88 Å². The zero-order chi connectivity index (χ0) is 11.7. The molecule has 0 aliphatic carbocycles. The average Bonchev–Trinajstić information content (AvgIpc) is 2.65. The second-order valence-electron chi connectivity index (χ2n) is 4.09. The van der Waals surface area contributed by atoms with Gasteiger partial charge in [0, 0.05) is 18.6 Å². The first-order chi connectivity index (χ1) is 7.58. The second-order valence-corrected chi connectivity index (χ2v) is 4.91. The molecule has 0 bridgehead atoms. The van der Waals surface area contributed by atoms with Crippen molar-refractivity contribution >= 4 is 21.6 Å². The molecule has 0 radical (unpaired) electrons. The minimum absolute atomic E-state index is 0.113. The van der Waals surface area contributed by atoms with Crippen molar-refractivity contribution in [2.75, 3.05) is 0 Å². The van der Waals surface area contributed by atoms with Crippen LogP contribution in [0.1, 0.15) is 20.8 Å². The molecule has 0 saturated carbocycles. The van der Waals surface area contributed by atoms with Crippen molar-refractivity contribution in [2.45, 2.75) is 26.9 Å². The number of halogens is 1. The Hall–Kier alpha value is -1.10. The van der Waals surface area contributed by atoms with E-state index < -0.39 is 0 Å². The van der Waals surface area contributed by atoms with Gasteiger partial charge in [0.15, 0.2) is 0 Å². The summed E-state index contributed by atoms with van der Waals surface area (Å²) in [5, 5.41) is 0. The average molecular weight is 284 g/mol. The molecule has 86 valence electrons. The van der Waals surface area contributed by atoms with Crippen molar-refractivity contribution in [3.63, 3.8) is 0 Å². The van der Waals surface area contributed by atoms with Crippen molar-refractivity contribution in [3.05, 3.63) is 23.2 Å². The van der Waals surface area contributed by atoms with Gasteiger partial charge in [0.2, 0.25) is 5.65 Å².